The molecule has 0 radical (unpaired) electrons. The van der Waals surface area contributed by atoms with E-state index in [1.165, 1.54) is 0 Å². The summed E-state index contributed by atoms with van der Waals surface area (Å²) in [6, 6.07) is 9.70. The van der Waals surface area contributed by atoms with Crippen LogP contribution in [0, 0.1) is 6.92 Å². The number of hydrogen-bond acceptors (Lipinski definition) is 3. The highest BCUT2D eigenvalue weighted by Crippen LogP contribution is 2.26. The summed E-state index contributed by atoms with van der Waals surface area (Å²) in [5, 5.41) is 4.09. The van der Waals surface area contributed by atoms with Gasteiger partial charge in [0.05, 0.1) is 0 Å². The minimum absolute atomic E-state index is 0.0105. The monoisotopic (exact) mass is 286 g/mol. The van der Waals surface area contributed by atoms with Gasteiger partial charge in [-0.05, 0) is 19.8 Å². The highest BCUT2D eigenvalue weighted by molar-refractivity contribution is 6.00. The molecular weight excluding hydrogens is 264 g/mol. The maximum absolute atomic E-state index is 12.8. The van der Waals surface area contributed by atoms with Crippen LogP contribution in [-0.4, -0.2) is 29.1 Å². The number of benzene rings is 1. The molecule has 0 saturated carbocycles. The van der Waals surface area contributed by atoms with Crippen molar-refractivity contribution in [1.29, 1.82) is 0 Å². The highest BCUT2D eigenvalue weighted by Gasteiger charge is 2.25. The number of carbonyl (C=O) groups is 1. The minimum Gasteiger partial charge on any atom is -0.360 e. The van der Waals surface area contributed by atoms with Crippen molar-refractivity contribution in [3.05, 3.63) is 41.7 Å². The molecular formula is C17H22N2O2. The maximum Gasteiger partial charge on any atom is 0.259 e. The fourth-order valence-electron chi connectivity index (χ4n) is 2.43. The summed E-state index contributed by atoms with van der Waals surface area (Å²) in [7, 11) is 0. The van der Waals surface area contributed by atoms with Crippen molar-refractivity contribution in [1.82, 2.24) is 10.1 Å². The van der Waals surface area contributed by atoms with E-state index in [9.17, 15) is 4.79 Å². The summed E-state index contributed by atoms with van der Waals surface area (Å²) < 4.78 is 5.28. The fourth-order valence-corrected chi connectivity index (χ4v) is 2.43. The van der Waals surface area contributed by atoms with E-state index in [4.69, 9.17) is 4.52 Å². The number of nitrogens with zero attached hydrogens (tertiary/aromatic N) is 2. The number of amides is 1. The van der Waals surface area contributed by atoms with Crippen LogP contribution in [0.4, 0.5) is 0 Å². The standard InChI is InChI=1S/C17H22N2O2/c1-4-11-19(12-5-2)17(20)15-13(3)21-18-16(15)14-9-7-6-8-10-14/h6-10H,4-5,11-12H2,1-3H3. The Labute approximate surface area is 125 Å². The average Bonchev–Trinajstić information content (AvgIpc) is 2.89. The number of aryl methyl sites for hydroxylation is 1. The Morgan fingerprint density at radius 2 is 1.76 bits per heavy atom. The first-order valence-electron chi connectivity index (χ1n) is 7.50. The van der Waals surface area contributed by atoms with Crippen LogP contribution in [0.15, 0.2) is 34.9 Å². The Bertz CT molecular complexity index is 584. The van der Waals surface area contributed by atoms with Crippen molar-refractivity contribution in [3.63, 3.8) is 0 Å². The summed E-state index contributed by atoms with van der Waals surface area (Å²) in [6.07, 6.45) is 1.88. The number of aromatic nitrogens is 1. The van der Waals surface area contributed by atoms with Crippen LogP contribution in [0.3, 0.4) is 0 Å². The van der Waals surface area contributed by atoms with Crippen molar-refractivity contribution in [3.8, 4) is 11.3 Å². The van der Waals surface area contributed by atoms with Gasteiger partial charge >= 0.3 is 0 Å². The van der Waals surface area contributed by atoms with Gasteiger partial charge in [0.2, 0.25) is 0 Å². The molecule has 0 saturated heterocycles. The third kappa shape index (κ3) is 3.32. The molecule has 0 aliphatic carbocycles. The minimum atomic E-state index is 0.0105. The molecule has 112 valence electrons. The first-order chi connectivity index (χ1) is 10.2. The van der Waals surface area contributed by atoms with Crippen LogP contribution in [-0.2, 0) is 0 Å². The Kier molecular flexibility index (Phi) is 5.14. The van der Waals surface area contributed by atoms with Crippen molar-refractivity contribution < 1.29 is 9.32 Å². The zero-order valence-electron chi connectivity index (χ0n) is 12.9. The molecule has 4 heteroatoms. The van der Waals surface area contributed by atoms with Crippen LogP contribution in [0.2, 0.25) is 0 Å². The quantitative estimate of drug-likeness (QED) is 0.808. The lowest BCUT2D eigenvalue weighted by Crippen LogP contribution is -2.33. The summed E-state index contributed by atoms with van der Waals surface area (Å²) >= 11 is 0. The van der Waals surface area contributed by atoms with E-state index >= 15 is 0 Å². The van der Waals surface area contributed by atoms with Crippen LogP contribution >= 0.6 is 0 Å². The van der Waals surface area contributed by atoms with Gasteiger partial charge in [0.25, 0.3) is 5.91 Å². The molecule has 0 bridgehead atoms. The van der Waals surface area contributed by atoms with Gasteiger partial charge in [-0.25, -0.2) is 0 Å². The van der Waals surface area contributed by atoms with Crippen molar-refractivity contribution in [2.45, 2.75) is 33.6 Å². The molecule has 0 N–H and O–H groups in total. The second kappa shape index (κ2) is 7.07. The molecule has 1 heterocycles. The van der Waals surface area contributed by atoms with E-state index in [-0.39, 0.29) is 5.91 Å². The zero-order chi connectivity index (χ0) is 15.2. The first-order valence-corrected chi connectivity index (χ1v) is 7.50. The molecule has 0 unspecified atom stereocenters. The molecule has 1 aromatic heterocycles. The highest BCUT2D eigenvalue weighted by atomic mass is 16.5. The van der Waals surface area contributed by atoms with E-state index in [2.05, 4.69) is 19.0 Å². The second-order valence-electron chi connectivity index (χ2n) is 5.12. The lowest BCUT2D eigenvalue weighted by atomic mass is 10.0. The summed E-state index contributed by atoms with van der Waals surface area (Å²) in [5.41, 5.74) is 2.13. The van der Waals surface area contributed by atoms with Crippen LogP contribution in [0.25, 0.3) is 11.3 Å². The maximum atomic E-state index is 12.8. The molecule has 0 spiro atoms. The molecule has 21 heavy (non-hydrogen) atoms. The number of carbonyl (C=O) groups excluding carboxylic acids is 1. The molecule has 0 aliphatic heterocycles. The van der Waals surface area contributed by atoms with E-state index in [0.29, 0.717) is 17.0 Å². The Morgan fingerprint density at radius 1 is 1.14 bits per heavy atom. The smallest absolute Gasteiger partial charge is 0.259 e. The Hall–Kier alpha value is -2.10. The van der Waals surface area contributed by atoms with E-state index < -0.39 is 0 Å². The topological polar surface area (TPSA) is 46.3 Å². The van der Waals surface area contributed by atoms with Gasteiger partial charge in [-0.1, -0.05) is 49.3 Å². The van der Waals surface area contributed by atoms with Gasteiger partial charge in [0, 0.05) is 18.7 Å². The van der Waals surface area contributed by atoms with Gasteiger partial charge < -0.3 is 9.42 Å². The lowest BCUT2D eigenvalue weighted by Gasteiger charge is -2.21. The number of hydrogen-bond donors (Lipinski definition) is 0. The molecule has 1 amide bonds. The van der Waals surface area contributed by atoms with Crippen LogP contribution < -0.4 is 0 Å². The van der Waals surface area contributed by atoms with Crippen molar-refractivity contribution in [2.24, 2.45) is 0 Å². The third-order valence-electron chi connectivity index (χ3n) is 3.40. The second-order valence-corrected chi connectivity index (χ2v) is 5.12. The predicted octanol–water partition coefficient (Wildman–Crippen LogP) is 3.91. The first kappa shape index (κ1) is 15.3. The summed E-state index contributed by atoms with van der Waals surface area (Å²) in [6.45, 7) is 7.46. The van der Waals surface area contributed by atoms with E-state index in [0.717, 1.165) is 31.5 Å². The molecule has 4 nitrogen and oxygen atoms in total. The predicted molar refractivity (Wildman–Crippen MR) is 83.2 cm³/mol. The van der Waals surface area contributed by atoms with E-state index in [1.54, 1.807) is 6.92 Å². The average molecular weight is 286 g/mol. The van der Waals surface area contributed by atoms with Gasteiger partial charge in [0.1, 0.15) is 17.0 Å². The van der Waals surface area contributed by atoms with Crippen molar-refractivity contribution in [2.75, 3.05) is 13.1 Å². The Morgan fingerprint density at radius 3 is 2.33 bits per heavy atom. The van der Waals surface area contributed by atoms with Crippen molar-refractivity contribution >= 4 is 5.91 Å². The molecule has 0 fully saturated rings. The van der Waals surface area contributed by atoms with E-state index in [1.807, 2.05) is 35.2 Å². The van der Waals surface area contributed by atoms with Crippen LogP contribution in [0.1, 0.15) is 42.8 Å². The van der Waals surface area contributed by atoms with Gasteiger partial charge in [-0.3, -0.25) is 4.79 Å². The summed E-state index contributed by atoms with van der Waals surface area (Å²) in [5.74, 6) is 0.590. The SMILES string of the molecule is CCCN(CCC)C(=O)c1c(-c2ccccc2)noc1C. The fraction of sp³-hybridized carbons (Fsp3) is 0.412. The van der Waals surface area contributed by atoms with Gasteiger partial charge in [0.15, 0.2) is 0 Å². The normalized spacial score (nSPS) is 10.6. The molecule has 2 aromatic rings. The largest absolute Gasteiger partial charge is 0.360 e. The molecule has 0 atom stereocenters. The Balaban J connectivity index is 2.39. The number of rotatable bonds is 6. The molecule has 1 aromatic carbocycles. The van der Waals surface area contributed by atoms with Gasteiger partial charge in [-0.15, -0.1) is 0 Å². The molecule has 0 aliphatic rings. The third-order valence-corrected chi connectivity index (χ3v) is 3.40. The summed E-state index contributed by atoms with van der Waals surface area (Å²) in [4.78, 5) is 14.7. The van der Waals surface area contributed by atoms with Crippen LogP contribution in [0.5, 0.6) is 0 Å². The van der Waals surface area contributed by atoms with Gasteiger partial charge in [-0.2, -0.15) is 0 Å². The lowest BCUT2D eigenvalue weighted by molar-refractivity contribution is 0.0754. The molecule has 2 rings (SSSR count). The zero-order valence-corrected chi connectivity index (χ0v) is 12.9.